The van der Waals surface area contributed by atoms with Crippen molar-refractivity contribution in [3.05, 3.63) is 59.8 Å². The molecule has 0 aliphatic carbocycles. The molecule has 3 rings (SSSR count). The van der Waals surface area contributed by atoms with Crippen LogP contribution in [0, 0.1) is 6.92 Å². The fourth-order valence-corrected chi connectivity index (χ4v) is 2.87. The van der Waals surface area contributed by atoms with Crippen molar-refractivity contribution in [3.63, 3.8) is 0 Å². The van der Waals surface area contributed by atoms with Crippen molar-refractivity contribution in [1.82, 2.24) is 9.88 Å². The Bertz CT molecular complexity index is 617. The van der Waals surface area contributed by atoms with Crippen molar-refractivity contribution >= 4 is 11.8 Å². The zero-order chi connectivity index (χ0) is 15.4. The van der Waals surface area contributed by atoms with Gasteiger partial charge in [-0.2, -0.15) is 0 Å². The second kappa shape index (κ2) is 6.60. The summed E-state index contributed by atoms with van der Waals surface area (Å²) in [7, 11) is 0. The second-order valence-electron chi connectivity index (χ2n) is 5.82. The zero-order valence-corrected chi connectivity index (χ0v) is 12.8. The first kappa shape index (κ1) is 14.6. The van der Waals surface area contributed by atoms with Crippen molar-refractivity contribution in [2.75, 3.05) is 18.4 Å². The number of amides is 2. The summed E-state index contributed by atoms with van der Waals surface area (Å²) >= 11 is 0. The van der Waals surface area contributed by atoms with Crippen LogP contribution < -0.4 is 5.32 Å². The van der Waals surface area contributed by atoms with Gasteiger partial charge in [0.1, 0.15) is 5.82 Å². The highest BCUT2D eigenvalue weighted by Gasteiger charge is 2.23. The lowest BCUT2D eigenvalue weighted by Crippen LogP contribution is -2.40. The number of benzene rings is 1. The lowest BCUT2D eigenvalue weighted by Gasteiger charge is -2.32. The number of nitrogens with one attached hydrogen (secondary N) is 1. The van der Waals surface area contributed by atoms with Gasteiger partial charge in [0, 0.05) is 19.3 Å². The Morgan fingerprint density at radius 1 is 1.14 bits per heavy atom. The molecule has 0 bridgehead atoms. The van der Waals surface area contributed by atoms with Gasteiger partial charge in [-0.1, -0.05) is 36.4 Å². The van der Waals surface area contributed by atoms with E-state index in [2.05, 4.69) is 34.6 Å². The number of rotatable bonds is 2. The Hall–Kier alpha value is -2.36. The maximum atomic E-state index is 12.3. The van der Waals surface area contributed by atoms with Crippen molar-refractivity contribution in [3.8, 4) is 0 Å². The first-order chi connectivity index (χ1) is 10.7. The minimum atomic E-state index is -0.0529. The van der Waals surface area contributed by atoms with Crippen LogP contribution in [0.1, 0.15) is 29.9 Å². The Morgan fingerprint density at radius 2 is 1.86 bits per heavy atom. The van der Waals surface area contributed by atoms with Crippen molar-refractivity contribution in [2.24, 2.45) is 0 Å². The van der Waals surface area contributed by atoms with E-state index in [1.54, 1.807) is 6.20 Å². The Kier molecular flexibility index (Phi) is 4.37. The molecule has 1 fully saturated rings. The Labute approximate surface area is 131 Å². The fourth-order valence-electron chi connectivity index (χ4n) is 2.87. The molecule has 1 aliphatic rings. The van der Waals surface area contributed by atoms with E-state index in [0.29, 0.717) is 11.7 Å². The summed E-state index contributed by atoms with van der Waals surface area (Å²) in [4.78, 5) is 18.4. The summed E-state index contributed by atoms with van der Waals surface area (Å²) in [5.41, 5.74) is 2.46. The molecule has 0 unspecified atom stereocenters. The van der Waals surface area contributed by atoms with E-state index in [1.807, 2.05) is 30.0 Å². The molecule has 22 heavy (non-hydrogen) atoms. The molecule has 4 heteroatoms. The fraction of sp³-hybridized carbons (Fsp3) is 0.333. The predicted octanol–water partition coefficient (Wildman–Crippen LogP) is 3.80. The number of anilines is 1. The van der Waals surface area contributed by atoms with Crippen LogP contribution in [0.25, 0.3) is 0 Å². The smallest absolute Gasteiger partial charge is 0.323 e. The molecule has 1 aromatic heterocycles. The normalized spacial score (nSPS) is 15.6. The molecule has 1 N–H and O–H groups in total. The number of hydrogen-bond donors (Lipinski definition) is 1. The number of carbonyl (C=O) groups excluding carboxylic acids is 1. The number of urea groups is 1. The van der Waals surface area contributed by atoms with E-state index in [1.165, 1.54) is 5.56 Å². The van der Waals surface area contributed by atoms with Gasteiger partial charge in [0.2, 0.25) is 0 Å². The summed E-state index contributed by atoms with van der Waals surface area (Å²) in [6.07, 6.45) is 3.79. The molecule has 0 saturated carbocycles. The molecular weight excluding hydrogens is 274 g/mol. The second-order valence-corrected chi connectivity index (χ2v) is 5.82. The molecule has 0 radical (unpaired) electrons. The van der Waals surface area contributed by atoms with E-state index in [0.717, 1.165) is 31.5 Å². The van der Waals surface area contributed by atoms with Gasteiger partial charge in [-0.3, -0.25) is 5.32 Å². The highest BCUT2D eigenvalue weighted by molar-refractivity contribution is 5.88. The van der Waals surface area contributed by atoms with E-state index >= 15 is 0 Å². The van der Waals surface area contributed by atoms with Crippen LogP contribution >= 0.6 is 0 Å². The molecule has 1 aromatic carbocycles. The van der Waals surface area contributed by atoms with Gasteiger partial charge in [0.25, 0.3) is 0 Å². The summed E-state index contributed by atoms with van der Waals surface area (Å²) in [6, 6.07) is 14.3. The van der Waals surface area contributed by atoms with Gasteiger partial charge >= 0.3 is 6.03 Å². The standard InChI is InChI=1S/C18H21N3O/c1-14-7-8-17(19-13-14)20-18(22)21-11-9-16(10-12-21)15-5-3-2-4-6-15/h2-8,13,16H,9-12H2,1H3,(H,19,20,22). The van der Waals surface area contributed by atoms with Crippen LogP contribution in [-0.2, 0) is 0 Å². The van der Waals surface area contributed by atoms with Gasteiger partial charge < -0.3 is 4.90 Å². The topological polar surface area (TPSA) is 45.2 Å². The maximum absolute atomic E-state index is 12.3. The van der Waals surface area contributed by atoms with Gasteiger partial charge in [-0.15, -0.1) is 0 Å². The number of pyridine rings is 1. The molecule has 2 aromatic rings. The number of piperidine rings is 1. The number of aryl methyl sites for hydroxylation is 1. The quantitative estimate of drug-likeness (QED) is 0.916. The number of likely N-dealkylation sites (tertiary alicyclic amines) is 1. The van der Waals surface area contributed by atoms with Gasteiger partial charge in [-0.25, -0.2) is 9.78 Å². The van der Waals surface area contributed by atoms with Crippen molar-refractivity contribution in [1.29, 1.82) is 0 Å². The molecule has 4 nitrogen and oxygen atoms in total. The molecule has 2 amide bonds. The third-order valence-corrected chi connectivity index (χ3v) is 4.20. The average Bonchev–Trinajstić information content (AvgIpc) is 2.58. The number of hydrogen-bond acceptors (Lipinski definition) is 2. The molecule has 0 atom stereocenters. The van der Waals surface area contributed by atoms with E-state index in [9.17, 15) is 4.79 Å². The van der Waals surface area contributed by atoms with Gasteiger partial charge in [0.15, 0.2) is 0 Å². The molecule has 114 valence electrons. The third kappa shape index (κ3) is 3.45. The minimum absolute atomic E-state index is 0.0529. The van der Waals surface area contributed by atoms with Crippen LogP contribution in [0.15, 0.2) is 48.7 Å². The summed E-state index contributed by atoms with van der Waals surface area (Å²) < 4.78 is 0. The number of aromatic nitrogens is 1. The van der Waals surface area contributed by atoms with Crippen LogP contribution in [0.4, 0.5) is 10.6 Å². The average molecular weight is 295 g/mol. The maximum Gasteiger partial charge on any atom is 0.323 e. The number of nitrogens with zero attached hydrogens (tertiary/aromatic N) is 2. The molecule has 1 saturated heterocycles. The number of carbonyl (C=O) groups is 1. The minimum Gasteiger partial charge on any atom is -0.324 e. The molecule has 0 spiro atoms. The van der Waals surface area contributed by atoms with Crippen molar-refractivity contribution < 1.29 is 4.79 Å². The highest BCUT2D eigenvalue weighted by Crippen LogP contribution is 2.27. The largest absolute Gasteiger partial charge is 0.324 e. The monoisotopic (exact) mass is 295 g/mol. The molecule has 1 aliphatic heterocycles. The Morgan fingerprint density at radius 3 is 2.50 bits per heavy atom. The van der Waals surface area contributed by atoms with Gasteiger partial charge in [0.05, 0.1) is 0 Å². The van der Waals surface area contributed by atoms with Gasteiger partial charge in [-0.05, 0) is 42.9 Å². The first-order valence-corrected chi connectivity index (χ1v) is 7.76. The predicted molar refractivity (Wildman–Crippen MR) is 88.0 cm³/mol. The van der Waals surface area contributed by atoms with Crippen LogP contribution in [0.5, 0.6) is 0 Å². The van der Waals surface area contributed by atoms with Crippen LogP contribution in [0.2, 0.25) is 0 Å². The third-order valence-electron chi connectivity index (χ3n) is 4.20. The highest BCUT2D eigenvalue weighted by atomic mass is 16.2. The Balaban J connectivity index is 1.54. The molecule has 2 heterocycles. The lowest BCUT2D eigenvalue weighted by molar-refractivity contribution is 0.194. The zero-order valence-electron chi connectivity index (χ0n) is 12.8. The molecular formula is C18H21N3O. The van der Waals surface area contributed by atoms with E-state index in [-0.39, 0.29) is 6.03 Å². The van der Waals surface area contributed by atoms with Crippen LogP contribution in [0.3, 0.4) is 0 Å². The van der Waals surface area contributed by atoms with Crippen LogP contribution in [-0.4, -0.2) is 29.0 Å². The van der Waals surface area contributed by atoms with E-state index < -0.39 is 0 Å². The lowest BCUT2D eigenvalue weighted by atomic mass is 9.90. The summed E-state index contributed by atoms with van der Waals surface area (Å²) in [5, 5.41) is 2.87. The van der Waals surface area contributed by atoms with Crippen molar-refractivity contribution in [2.45, 2.75) is 25.7 Å². The summed E-state index contributed by atoms with van der Waals surface area (Å²) in [5.74, 6) is 1.17. The van der Waals surface area contributed by atoms with E-state index in [4.69, 9.17) is 0 Å². The first-order valence-electron chi connectivity index (χ1n) is 7.76. The SMILES string of the molecule is Cc1ccc(NC(=O)N2CCC(c3ccccc3)CC2)nc1. The summed E-state index contributed by atoms with van der Waals surface area (Å²) in [6.45, 7) is 3.56.